The SMILES string of the molecule is O=C1CCC(n2c(S(=O)(=O)c3ccccc3)nc3cnc4[nH]ccc4c32)CN1Cc1ccccc1. The Morgan fingerprint density at radius 3 is 2.51 bits per heavy atom. The number of pyridine rings is 1. The highest BCUT2D eigenvalue weighted by Gasteiger charge is 2.34. The van der Waals surface area contributed by atoms with Crippen molar-refractivity contribution in [2.45, 2.75) is 35.5 Å². The maximum atomic E-state index is 13.8. The van der Waals surface area contributed by atoms with Gasteiger partial charge in [-0.15, -0.1) is 0 Å². The minimum Gasteiger partial charge on any atom is -0.346 e. The normalized spacial score (nSPS) is 16.9. The van der Waals surface area contributed by atoms with Crippen LogP contribution in [-0.2, 0) is 21.2 Å². The summed E-state index contributed by atoms with van der Waals surface area (Å²) >= 11 is 0. The first-order chi connectivity index (χ1) is 17.0. The first-order valence-electron chi connectivity index (χ1n) is 11.5. The molecule has 9 heteroatoms. The van der Waals surface area contributed by atoms with E-state index < -0.39 is 9.84 Å². The van der Waals surface area contributed by atoms with Gasteiger partial charge in [0.1, 0.15) is 11.2 Å². The Balaban J connectivity index is 1.51. The van der Waals surface area contributed by atoms with E-state index in [1.165, 1.54) is 0 Å². The highest BCUT2D eigenvalue weighted by Crippen LogP contribution is 2.35. The second kappa shape index (κ2) is 8.35. The average molecular weight is 486 g/mol. The summed E-state index contributed by atoms with van der Waals surface area (Å²) in [6, 6.07) is 19.8. The summed E-state index contributed by atoms with van der Waals surface area (Å²) in [7, 11) is -3.91. The molecule has 5 aromatic rings. The lowest BCUT2D eigenvalue weighted by Gasteiger charge is -2.34. The number of likely N-dealkylation sites (tertiary alicyclic amines) is 1. The van der Waals surface area contributed by atoms with E-state index in [0.29, 0.717) is 42.6 Å². The second-order valence-corrected chi connectivity index (χ2v) is 10.6. The quantitative estimate of drug-likeness (QED) is 0.404. The highest BCUT2D eigenvalue weighted by atomic mass is 32.2. The lowest BCUT2D eigenvalue weighted by Crippen LogP contribution is -2.40. The average Bonchev–Trinajstić information content (AvgIpc) is 3.51. The van der Waals surface area contributed by atoms with Crippen LogP contribution in [0.4, 0.5) is 0 Å². The van der Waals surface area contributed by atoms with Crippen LogP contribution in [0.3, 0.4) is 0 Å². The standard InChI is InChI=1S/C26H23N5O3S/c32-23-12-11-19(17-30(23)16-18-7-3-1-4-8-18)31-24-21-13-14-27-25(21)28-15-22(24)29-26(31)35(33,34)20-9-5-2-6-10-20/h1-10,13-15,19H,11-12,16-17H2,(H,27,28). The predicted molar refractivity (Wildman–Crippen MR) is 131 cm³/mol. The fourth-order valence-corrected chi connectivity index (χ4v) is 6.31. The number of nitrogens with one attached hydrogen (secondary N) is 1. The van der Waals surface area contributed by atoms with Crippen molar-refractivity contribution in [1.82, 2.24) is 24.4 Å². The Bertz CT molecular complexity index is 1640. The first-order valence-corrected chi connectivity index (χ1v) is 13.0. The molecule has 6 rings (SSSR count). The summed E-state index contributed by atoms with van der Waals surface area (Å²) in [5.74, 6) is 0.0652. The molecular formula is C26H23N5O3S. The second-order valence-electron chi connectivity index (χ2n) is 8.77. The van der Waals surface area contributed by atoms with Crippen molar-refractivity contribution < 1.29 is 13.2 Å². The van der Waals surface area contributed by atoms with Gasteiger partial charge in [0.15, 0.2) is 0 Å². The van der Waals surface area contributed by atoms with E-state index in [1.807, 2.05) is 45.9 Å². The monoisotopic (exact) mass is 485 g/mol. The number of hydrogen-bond donors (Lipinski definition) is 1. The predicted octanol–water partition coefficient (Wildman–Crippen LogP) is 4.11. The van der Waals surface area contributed by atoms with Crippen LogP contribution in [0.5, 0.6) is 0 Å². The van der Waals surface area contributed by atoms with Gasteiger partial charge in [0.25, 0.3) is 0 Å². The van der Waals surface area contributed by atoms with Crippen molar-refractivity contribution in [2.24, 2.45) is 0 Å². The summed E-state index contributed by atoms with van der Waals surface area (Å²) in [5, 5.41) is 0.782. The number of hydrogen-bond acceptors (Lipinski definition) is 5. The number of piperidine rings is 1. The van der Waals surface area contributed by atoms with Crippen LogP contribution in [-0.4, -0.2) is 45.3 Å². The Labute approximate surface area is 202 Å². The zero-order valence-electron chi connectivity index (χ0n) is 18.8. The van der Waals surface area contributed by atoms with E-state index in [1.54, 1.807) is 42.7 Å². The van der Waals surface area contributed by atoms with Crippen molar-refractivity contribution in [1.29, 1.82) is 0 Å². The number of aromatic amines is 1. The van der Waals surface area contributed by atoms with Gasteiger partial charge >= 0.3 is 0 Å². The zero-order chi connectivity index (χ0) is 24.0. The fourth-order valence-electron chi connectivity index (χ4n) is 4.87. The van der Waals surface area contributed by atoms with Gasteiger partial charge in [0.2, 0.25) is 20.9 Å². The summed E-state index contributed by atoms with van der Waals surface area (Å²) in [6.45, 7) is 0.870. The maximum absolute atomic E-state index is 13.8. The van der Waals surface area contributed by atoms with Gasteiger partial charge in [-0.05, 0) is 30.2 Å². The number of rotatable bonds is 5. The van der Waals surface area contributed by atoms with Gasteiger partial charge in [0.05, 0.1) is 22.7 Å². The molecule has 1 aliphatic heterocycles. The molecule has 1 unspecified atom stereocenters. The number of carbonyl (C=O) groups is 1. The minimum atomic E-state index is -3.91. The van der Waals surface area contributed by atoms with Gasteiger partial charge in [-0.25, -0.2) is 18.4 Å². The zero-order valence-corrected chi connectivity index (χ0v) is 19.6. The molecule has 176 valence electrons. The number of sulfone groups is 1. The molecule has 0 saturated carbocycles. The van der Waals surface area contributed by atoms with Crippen molar-refractivity contribution in [3.8, 4) is 0 Å². The lowest BCUT2D eigenvalue weighted by atomic mass is 10.0. The molecule has 1 atom stereocenters. The van der Waals surface area contributed by atoms with Gasteiger partial charge in [-0.2, -0.15) is 0 Å². The molecule has 3 aromatic heterocycles. The van der Waals surface area contributed by atoms with E-state index in [9.17, 15) is 13.2 Å². The Morgan fingerprint density at radius 2 is 1.74 bits per heavy atom. The van der Waals surface area contributed by atoms with Crippen LogP contribution in [0.15, 0.2) is 89.2 Å². The van der Waals surface area contributed by atoms with Gasteiger partial charge < -0.3 is 14.5 Å². The molecular weight excluding hydrogens is 462 g/mol. The van der Waals surface area contributed by atoms with E-state index in [4.69, 9.17) is 0 Å². The molecule has 0 spiro atoms. The van der Waals surface area contributed by atoms with Crippen molar-refractivity contribution in [3.63, 3.8) is 0 Å². The fraction of sp³-hybridized carbons (Fsp3) is 0.192. The number of amides is 1. The molecule has 2 aromatic carbocycles. The van der Waals surface area contributed by atoms with Crippen molar-refractivity contribution in [2.75, 3.05) is 6.54 Å². The van der Waals surface area contributed by atoms with Crippen LogP contribution in [0.1, 0.15) is 24.4 Å². The molecule has 1 fully saturated rings. The molecule has 35 heavy (non-hydrogen) atoms. The summed E-state index contributed by atoms with van der Waals surface area (Å²) in [6.07, 6.45) is 4.25. The van der Waals surface area contributed by atoms with Crippen molar-refractivity contribution in [3.05, 3.63) is 84.7 Å². The van der Waals surface area contributed by atoms with Crippen LogP contribution in [0.25, 0.3) is 22.1 Å². The third kappa shape index (κ3) is 3.68. The minimum absolute atomic E-state index is 0.0202. The summed E-state index contributed by atoms with van der Waals surface area (Å²) in [4.78, 5) is 26.9. The third-order valence-corrected chi connectivity index (χ3v) is 8.21. The molecule has 1 N–H and O–H groups in total. The number of nitrogens with zero attached hydrogens (tertiary/aromatic N) is 4. The van der Waals surface area contributed by atoms with Gasteiger partial charge in [-0.1, -0.05) is 48.5 Å². The molecule has 1 aliphatic rings. The van der Waals surface area contributed by atoms with Crippen LogP contribution >= 0.6 is 0 Å². The highest BCUT2D eigenvalue weighted by molar-refractivity contribution is 7.91. The molecule has 0 radical (unpaired) electrons. The van der Waals surface area contributed by atoms with E-state index in [-0.39, 0.29) is 22.0 Å². The smallest absolute Gasteiger partial charge is 0.240 e. The number of fused-ring (bicyclic) bond motifs is 3. The van der Waals surface area contributed by atoms with Crippen LogP contribution in [0, 0.1) is 0 Å². The Morgan fingerprint density at radius 1 is 1.00 bits per heavy atom. The summed E-state index contributed by atoms with van der Waals surface area (Å²) < 4.78 is 29.4. The number of carbonyl (C=O) groups excluding carboxylic acids is 1. The molecule has 1 amide bonds. The maximum Gasteiger partial charge on any atom is 0.240 e. The first kappa shape index (κ1) is 21.5. The van der Waals surface area contributed by atoms with Gasteiger partial charge in [0, 0.05) is 31.1 Å². The number of H-pyrrole nitrogens is 1. The van der Waals surface area contributed by atoms with E-state index in [2.05, 4.69) is 15.0 Å². The van der Waals surface area contributed by atoms with E-state index >= 15 is 0 Å². The molecule has 0 aliphatic carbocycles. The van der Waals surface area contributed by atoms with Crippen molar-refractivity contribution >= 4 is 37.8 Å². The lowest BCUT2D eigenvalue weighted by molar-refractivity contribution is -0.135. The third-order valence-electron chi connectivity index (χ3n) is 6.55. The number of aromatic nitrogens is 4. The molecule has 0 bridgehead atoms. The molecule has 1 saturated heterocycles. The van der Waals surface area contributed by atoms with Crippen LogP contribution in [0.2, 0.25) is 0 Å². The Hall–Kier alpha value is -3.98. The summed E-state index contributed by atoms with van der Waals surface area (Å²) in [5.41, 5.74) is 2.92. The number of imidazole rings is 1. The topological polar surface area (TPSA) is 101 Å². The van der Waals surface area contributed by atoms with Gasteiger partial charge in [-0.3, -0.25) is 4.79 Å². The van der Waals surface area contributed by atoms with E-state index in [0.717, 1.165) is 10.9 Å². The number of benzene rings is 2. The Kier molecular flexibility index (Phi) is 5.14. The largest absolute Gasteiger partial charge is 0.346 e. The molecule has 4 heterocycles. The molecule has 8 nitrogen and oxygen atoms in total. The van der Waals surface area contributed by atoms with Crippen LogP contribution < -0.4 is 0 Å².